The highest BCUT2D eigenvalue weighted by Gasteiger charge is 2.14. The molecule has 1 aromatic rings. The third-order valence-corrected chi connectivity index (χ3v) is 3.95. The number of nitrogens with zero attached hydrogens (tertiary/aromatic N) is 1. The fourth-order valence-electron chi connectivity index (χ4n) is 2.15. The van der Waals surface area contributed by atoms with E-state index in [0.717, 1.165) is 18.3 Å². The maximum absolute atomic E-state index is 3.53. The fourth-order valence-corrected chi connectivity index (χ4v) is 2.71. The van der Waals surface area contributed by atoms with Gasteiger partial charge in [-0.3, -0.25) is 0 Å². The molecule has 0 saturated carbocycles. The van der Waals surface area contributed by atoms with E-state index in [1.165, 1.54) is 28.8 Å². The zero-order valence-electron chi connectivity index (χ0n) is 9.96. The predicted octanol–water partition coefficient (Wildman–Crippen LogP) is 3.87. The largest absolute Gasteiger partial charge is 0.374 e. The number of halogens is 1. The summed E-state index contributed by atoms with van der Waals surface area (Å²) in [6.45, 7) is 3.36. The van der Waals surface area contributed by atoms with Crippen LogP contribution in [0.1, 0.15) is 24.5 Å². The molecule has 0 saturated heterocycles. The van der Waals surface area contributed by atoms with Crippen LogP contribution in [0.25, 0.3) is 6.08 Å². The Morgan fingerprint density at radius 1 is 1.50 bits per heavy atom. The maximum atomic E-state index is 3.53. The number of anilines is 1. The van der Waals surface area contributed by atoms with Crippen LogP contribution in [-0.2, 0) is 6.42 Å². The lowest BCUT2D eigenvalue weighted by Gasteiger charge is -2.11. The zero-order chi connectivity index (χ0) is 11.5. The molecule has 2 heteroatoms. The zero-order valence-corrected chi connectivity index (χ0v) is 11.5. The molecule has 0 aliphatic carbocycles. The van der Waals surface area contributed by atoms with Crippen molar-refractivity contribution in [2.75, 3.05) is 23.8 Å². The smallest absolute Gasteiger partial charge is 0.0397 e. The lowest BCUT2D eigenvalue weighted by molar-refractivity contribution is 0.956. The summed E-state index contributed by atoms with van der Waals surface area (Å²) in [4.78, 5) is 2.33. The van der Waals surface area contributed by atoms with Crippen LogP contribution in [0.5, 0.6) is 0 Å². The molecule has 1 aliphatic heterocycles. The summed E-state index contributed by atoms with van der Waals surface area (Å²) in [6.07, 6.45) is 4.60. The summed E-state index contributed by atoms with van der Waals surface area (Å²) in [6, 6.07) is 6.80. The molecular weight excluding hydrogens is 262 g/mol. The number of likely N-dealkylation sites (N-methyl/N-ethyl adjacent to an activating group) is 1. The molecule has 1 aliphatic rings. The van der Waals surface area contributed by atoms with Crippen molar-refractivity contribution in [3.63, 3.8) is 0 Å². The van der Waals surface area contributed by atoms with E-state index in [-0.39, 0.29) is 0 Å². The van der Waals surface area contributed by atoms with Crippen molar-refractivity contribution in [1.82, 2.24) is 0 Å². The first kappa shape index (κ1) is 11.7. The Balaban J connectivity index is 2.29. The standard InChI is InChI=1S/C14H18BrN/c1-3-11(10-15)8-12-4-5-14-13(9-12)6-7-16(14)2/h4-5,8-9H,3,6-7,10H2,1-2H3. The summed E-state index contributed by atoms with van der Waals surface area (Å²) in [5.74, 6) is 0. The van der Waals surface area contributed by atoms with E-state index in [9.17, 15) is 0 Å². The topological polar surface area (TPSA) is 3.24 Å². The molecule has 0 aromatic heterocycles. The second-order valence-electron chi connectivity index (χ2n) is 4.35. The third kappa shape index (κ3) is 2.32. The van der Waals surface area contributed by atoms with E-state index >= 15 is 0 Å². The van der Waals surface area contributed by atoms with Crippen molar-refractivity contribution >= 4 is 27.7 Å². The minimum absolute atomic E-state index is 0.973. The van der Waals surface area contributed by atoms with Gasteiger partial charge in [-0.15, -0.1) is 0 Å². The van der Waals surface area contributed by atoms with Crippen LogP contribution in [0.15, 0.2) is 23.8 Å². The Labute approximate surface area is 106 Å². The van der Waals surface area contributed by atoms with E-state index in [2.05, 4.69) is 59.1 Å². The quantitative estimate of drug-likeness (QED) is 0.760. The first-order valence-corrected chi connectivity index (χ1v) is 6.96. The van der Waals surface area contributed by atoms with E-state index in [4.69, 9.17) is 0 Å². The van der Waals surface area contributed by atoms with Crippen LogP contribution in [0.4, 0.5) is 5.69 Å². The number of hydrogen-bond donors (Lipinski definition) is 0. The van der Waals surface area contributed by atoms with Crippen LogP contribution in [-0.4, -0.2) is 18.9 Å². The molecule has 86 valence electrons. The highest BCUT2D eigenvalue weighted by atomic mass is 79.9. The Bertz CT molecular complexity index is 403. The first-order chi connectivity index (χ1) is 7.74. The van der Waals surface area contributed by atoms with Crippen LogP contribution < -0.4 is 4.90 Å². The van der Waals surface area contributed by atoms with Crippen LogP contribution in [0.3, 0.4) is 0 Å². The van der Waals surface area contributed by atoms with Gasteiger partial charge in [-0.1, -0.05) is 40.6 Å². The normalized spacial score (nSPS) is 15.4. The summed E-state index contributed by atoms with van der Waals surface area (Å²) in [7, 11) is 2.16. The van der Waals surface area contributed by atoms with Gasteiger partial charge in [-0.05, 0) is 36.1 Å². The number of fused-ring (bicyclic) bond motifs is 1. The average molecular weight is 280 g/mol. The van der Waals surface area contributed by atoms with Gasteiger partial charge in [0, 0.05) is 24.6 Å². The highest BCUT2D eigenvalue weighted by Crippen LogP contribution is 2.28. The Morgan fingerprint density at radius 3 is 3.00 bits per heavy atom. The van der Waals surface area contributed by atoms with Gasteiger partial charge in [0.05, 0.1) is 0 Å². The molecule has 0 radical (unpaired) electrons. The van der Waals surface area contributed by atoms with E-state index in [1.54, 1.807) is 0 Å². The molecule has 0 fully saturated rings. The van der Waals surface area contributed by atoms with Crippen molar-refractivity contribution in [3.8, 4) is 0 Å². The van der Waals surface area contributed by atoms with Gasteiger partial charge in [0.2, 0.25) is 0 Å². The minimum Gasteiger partial charge on any atom is -0.374 e. The van der Waals surface area contributed by atoms with Crippen LogP contribution in [0, 0.1) is 0 Å². The van der Waals surface area contributed by atoms with Crippen molar-refractivity contribution in [2.45, 2.75) is 19.8 Å². The van der Waals surface area contributed by atoms with Crippen LogP contribution >= 0.6 is 15.9 Å². The van der Waals surface area contributed by atoms with Gasteiger partial charge in [0.25, 0.3) is 0 Å². The Morgan fingerprint density at radius 2 is 2.31 bits per heavy atom. The lowest BCUT2D eigenvalue weighted by atomic mass is 10.1. The molecule has 0 N–H and O–H groups in total. The number of rotatable bonds is 3. The van der Waals surface area contributed by atoms with Crippen molar-refractivity contribution in [2.24, 2.45) is 0 Å². The van der Waals surface area contributed by atoms with Gasteiger partial charge >= 0.3 is 0 Å². The number of alkyl halides is 1. The molecule has 1 nitrogen and oxygen atoms in total. The average Bonchev–Trinajstić information content (AvgIpc) is 2.68. The van der Waals surface area contributed by atoms with Crippen LogP contribution in [0.2, 0.25) is 0 Å². The monoisotopic (exact) mass is 279 g/mol. The van der Waals surface area contributed by atoms with Gasteiger partial charge in [-0.2, -0.15) is 0 Å². The number of benzene rings is 1. The lowest BCUT2D eigenvalue weighted by Crippen LogP contribution is -2.12. The van der Waals surface area contributed by atoms with Gasteiger partial charge in [0.1, 0.15) is 0 Å². The summed E-state index contributed by atoms with van der Waals surface area (Å²) in [5.41, 5.74) is 5.67. The predicted molar refractivity (Wildman–Crippen MR) is 75.5 cm³/mol. The van der Waals surface area contributed by atoms with Crippen molar-refractivity contribution < 1.29 is 0 Å². The molecule has 1 aromatic carbocycles. The molecule has 16 heavy (non-hydrogen) atoms. The van der Waals surface area contributed by atoms with Gasteiger partial charge in [-0.25, -0.2) is 0 Å². The van der Waals surface area contributed by atoms with E-state index in [1.807, 2.05) is 0 Å². The SMILES string of the molecule is CCC(=Cc1ccc2c(c1)CCN2C)CBr. The molecule has 0 unspecified atom stereocenters. The molecule has 0 bridgehead atoms. The fraction of sp³-hybridized carbons (Fsp3) is 0.429. The first-order valence-electron chi connectivity index (χ1n) is 5.84. The summed E-state index contributed by atoms with van der Waals surface area (Å²) >= 11 is 3.53. The van der Waals surface area contributed by atoms with Crippen molar-refractivity contribution in [1.29, 1.82) is 0 Å². The van der Waals surface area contributed by atoms with E-state index in [0.29, 0.717) is 0 Å². The molecule has 1 heterocycles. The summed E-state index contributed by atoms with van der Waals surface area (Å²) in [5, 5.41) is 0.973. The summed E-state index contributed by atoms with van der Waals surface area (Å²) < 4.78 is 0. The minimum atomic E-state index is 0.973. The second-order valence-corrected chi connectivity index (χ2v) is 4.91. The molecular formula is C14H18BrN. The van der Waals surface area contributed by atoms with E-state index < -0.39 is 0 Å². The Kier molecular flexibility index (Phi) is 3.70. The molecule has 0 spiro atoms. The maximum Gasteiger partial charge on any atom is 0.0397 e. The van der Waals surface area contributed by atoms with Gasteiger partial charge < -0.3 is 4.90 Å². The second kappa shape index (κ2) is 5.05. The van der Waals surface area contributed by atoms with Gasteiger partial charge in [0.15, 0.2) is 0 Å². The Hall–Kier alpha value is -0.760. The molecule has 0 amide bonds. The molecule has 2 rings (SSSR count). The number of allylic oxidation sites excluding steroid dienone is 1. The third-order valence-electron chi connectivity index (χ3n) is 3.23. The highest BCUT2D eigenvalue weighted by molar-refractivity contribution is 9.09. The van der Waals surface area contributed by atoms with Crippen molar-refractivity contribution in [3.05, 3.63) is 34.9 Å². The molecule has 0 atom stereocenters. The number of hydrogen-bond acceptors (Lipinski definition) is 1.